The molecule has 0 bridgehead atoms. The molecule has 64 heavy (non-hydrogen) atoms. The second-order valence-electron chi connectivity index (χ2n) is 11.2. The Labute approximate surface area is 408 Å². The summed E-state index contributed by atoms with van der Waals surface area (Å²) in [5.74, 6) is 0. The van der Waals surface area contributed by atoms with Crippen molar-refractivity contribution in [3.8, 4) is 45.0 Å². The van der Waals surface area contributed by atoms with Gasteiger partial charge in [0.2, 0.25) is 0 Å². The van der Waals surface area contributed by atoms with Crippen LogP contribution >= 0.6 is 23.2 Å². The van der Waals surface area contributed by atoms with E-state index in [4.69, 9.17) is 46.4 Å². The molecule has 4 aromatic heterocycles. The fraction of sp³-hybridized carbons (Fsp3) is 0.0638. The molecule has 0 saturated carbocycles. The second-order valence-corrected chi connectivity index (χ2v) is 13.5. The van der Waals surface area contributed by atoms with Gasteiger partial charge in [-0.25, -0.2) is 8.42 Å². The van der Waals surface area contributed by atoms with Gasteiger partial charge in [-0.05, 0) is 47.4 Å². The standard InChI is InChI=1S/C11H8ClN.C11H7ClN.2C11H8N.CHF3O3S.2CH4O.2Ir/c2*12-10-6-7-13-11(8-10)9-4-2-1-3-5-9;2*1-2-6-10(7-3-1)11-8-4-5-9-12-11;2-1(3,4)8(5,6)7;2*1-2;;/h1-8H;1-4,6-8H;2*1-6,8-9H;(H,5,6,7);2*2H,1H3;;/q;3*-1;;;;;/p-1. The maximum atomic E-state index is 10.7. The third-order valence-electron chi connectivity index (χ3n) is 7.08. The van der Waals surface area contributed by atoms with Crippen molar-refractivity contribution in [1.82, 2.24) is 19.9 Å². The summed E-state index contributed by atoms with van der Waals surface area (Å²) in [6.07, 6.45) is 6.98. The predicted molar refractivity (Wildman–Crippen MR) is 237 cm³/mol. The van der Waals surface area contributed by atoms with Crippen molar-refractivity contribution in [2.75, 3.05) is 14.2 Å². The third kappa shape index (κ3) is 23.1. The minimum absolute atomic E-state index is 0. The summed E-state index contributed by atoms with van der Waals surface area (Å²) in [7, 11) is -4.09. The zero-order valence-corrected chi connectivity index (χ0v) is 40.9. The van der Waals surface area contributed by atoms with Crippen LogP contribution in [0.3, 0.4) is 0 Å². The van der Waals surface area contributed by atoms with Crippen LogP contribution in [0.1, 0.15) is 0 Å². The van der Waals surface area contributed by atoms with Gasteiger partial charge >= 0.3 is 5.51 Å². The number of pyridine rings is 4. The van der Waals surface area contributed by atoms with Crippen LogP contribution in [-0.4, -0.2) is 62.8 Å². The van der Waals surface area contributed by atoms with Crippen molar-refractivity contribution >= 4 is 33.3 Å². The number of alkyl halides is 3. The van der Waals surface area contributed by atoms with E-state index in [2.05, 4.69) is 38.1 Å². The van der Waals surface area contributed by atoms with Gasteiger partial charge in [-0.2, -0.15) is 13.2 Å². The van der Waals surface area contributed by atoms with Gasteiger partial charge in [-0.3, -0.25) is 4.98 Å². The molecule has 8 rings (SSSR count). The summed E-state index contributed by atoms with van der Waals surface area (Å²) in [6.45, 7) is 0. The van der Waals surface area contributed by atoms with E-state index in [9.17, 15) is 13.2 Å². The average Bonchev–Trinajstić information content (AvgIpc) is 3.32. The maximum absolute atomic E-state index is 10.7. The Bertz CT molecular complexity index is 2270. The van der Waals surface area contributed by atoms with Crippen LogP contribution in [0.5, 0.6) is 0 Å². The minimum atomic E-state index is -6.09. The maximum Gasteiger partial charge on any atom is 0.485 e. The van der Waals surface area contributed by atoms with Gasteiger partial charge < -0.3 is 29.7 Å². The number of rotatable bonds is 4. The third-order valence-corrected chi connectivity index (χ3v) is 8.12. The molecule has 17 heteroatoms. The van der Waals surface area contributed by atoms with E-state index in [0.717, 1.165) is 59.2 Å². The zero-order chi connectivity index (χ0) is 45.6. The van der Waals surface area contributed by atoms with Crippen LogP contribution in [0.2, 0.25) is 10.0 Å². The number of nitrogens with zero attached hydrogens (tertiary/aromatic N) is 4. The second kappa shape index (κ2) is 33.5. The summed E-state index contributed by atoms with van der Waals surface area (Å²) in [5, 5.41) is 15.4. The normalized spacial score (nSPS) is 9.59. The molecule has 2 radical (unpaired) electrons. The SMILES string of the molecule is CO.CO.Clc1ccnc(-c2[c-]cccc2)c1.Clc1ccnc(-c2ccccc2)c1.O=S(=O)([O-])C(F)(F)F.[Ir].[Ir].[c-]1ccccc1-c1ccccn1.[c-]1ccccc1-c1ccccn1. The number of aliphatic hydroxyl groups is 2. The molecule has 9 nitrogen and oxygen atoms in total. The molecule has 0 saturated heterocycles. The van der Waals surface area contributed by atoms with E-state index < -0.39 is 15.6 Å². The number of benzene rings is 4. The van der Waals surface area contributed by atoms with E-state index in [0.29, 0.717) is 10.0 Å². The van der Waals surface area contributed by atoms with Crippen LogP contribution < -0.4 is 0 Å². The van der Waals surface area contributed by atoms with Crippen molar-refractivity contribution in [3.05, 3.63) is 217 Å². The van der Waals surface area contributed by atoms with E-state index in [-0.39, 0.29) is 40.2 Å². The van der Waals surface area contributed by atoms with Gasteiger partial charge in [0.1, 0.15) is 0 Å². The van der Waals surface area contributed by atoms with Gasteiger partial charge in [0.25, 0.3) is 0 Å². The largest absolute Gasteiger partial charge is 0.741 e. The number of hydrogen-bond acceptors (Lipinski definition) is 9. The first-order chi connectivity index (χ1) is 29.9. The molecule has 4 heterocycles. The first-order valence-corrected chi connectivity index (χ1v) is 20.0. The Hall–Kier alpha value is -5.02. The minimum Gasteiger partial charge on any atom is -0.741 e. The molecule has 0 atom stereocenters. The fourth-order valence-electron chi connectivity index (χ4n) is 4.43. The summed E-state index contributed by atoms with van der Waals surface area (Å²) < 4.78 is 58.9. The molecule has 0 aliphatic carbocycles. The molecule has 0 unspecified atom stereocenters. The van der Waals surface area contributed by atoms with Crippen molar-refractivity contribution in [2.24, 2.45) is 0 Å². The van der Waals surface area contributed by atoms with Gasteiger partial charge in [-0.1, -0.05) is 83.9 Å². The quantitative estimate of drug-likeness (QED) is 0.0998. The van der Waals surface area contributed by atoms with Gasteiger partial charge in [-0.15, -0.1) is 108 Å². The van der Waals surface area contributed by atoms with E-state index >= 15 is 0 Å². The van der Waals surface area contributed by atoms with Crippen molar-refractivity contribution < 1.29 is 76.6 Å². The topological polar surface area (TPSA) is 149 Å². The monoisotopic (exact) mass is 1280 g/mol. The molecule has 2 N–H and O–H groups in total. The molecule has 8 aromatic rings. The van der Waals surface area contributed by atoms with Crippen LogP contribution in [0.4, 0.5) is 13.2 Å². The van der Waals surface area contributed by atoms with Crippen LogP contribution in [0.15, 0.2) is 189 Å². The van der Waals surface area contributed by atoms with Crippen LogP contribution in [0.25, 0.3) is 45.0 Å². The molecular weight excluding hydrogens is 1240 g/mol. The van der Waals surface area contributed by atoms with Crippen LogP contribution in [0, 0.1) is 18.2 Å². The molecule has 4 aromatic carbocycles. The molecule has 0 aliphatic heterocycles. The molecule has 0 aliphatic rings. The van der Waals surface area contributed by atoms with Gasteiger partial charge in [0.15, 0.2) is 10.1 Å². The first kappa shape index (κ1) is 59.0. The number of halogens is 5. The van der Waals surface area contributed by atoms with Crippen molar-refractivity contribution in [3.63, 3.8) is 0 Å². The Morgan fingerprint density at radius 3 is 1.14 bits per heavy atom. The van der Waals surface area contributed by atoms with Gasteiger partial charge in [0, 0.05) is 94.8 Å². The summed E-state index contributed by atoms with van der Waals surface area (Å²) in [5.41, 5.74) is 2.19. The fourth-order valence-corrected chi connectivity index (χ4v) is 4.75. The summed E-state index contributed by atoms with van der Waals surface area (Å²) in [6, 6.07) is 61.6. The Morgan fingerprint density at radius 1 is 0.484 bits per heavy atom. The van der Waals surface area contributed by atoms with E-state index in [1.165, 1.54) is 0 Å². The van der Waals surface area contributed by atoms with Crippen molar-refractivity contribution in [2.45, 2.75) is 5.51 Å². The van der Waals surface area contributed by atoms with Gasteiger partial charge in [0.05, 0.1) is 5.69 Å². The predicted octanol–water partition coefficient (Wildman–Crippen LogP) is 11.0. The molecule has 0 spiro atoms. The summed E-state index contributed by atoms with van der Waals surface area (Å²) >= 11 is 11.7. The Kier molecular flexibility index (Phi) is 30.9. The van der Waals surface area contributed by atoms with E-state index in [1.54, 1.807) is 36.9 Å². The molecular formula is C47H39Cl2F3Ir2N4O5S-4. The van der Waals surface area contributed by atoms with Crippen molar-refractivity contribution in [1.29, 1.82) is 0 Å². The first-order valence-electron chi connectivity index (χ1n) is 17.8. The smallest absolute Gasteiger partial charge is 0.485 e. The Morgan fingerprint density at radius 2 is 0.812 bits per heavy atom. The Balaban J connectivity index is 0.000000760. The zero-order valence-electron chi connectivity index (χ0n) is 33.8. The average molecular weight is 1280 g/mol. The molecule has 0 fully saturated rings. The van der Waals surface area contributed by atoms with E-state index in [1.807, 2.05) is 152 Å². The number of hydrogen-bond donors (Lipinski definition) is 2. The molecule has 340 valence electrons. The number of aromatic nitrogens is 4. The van der Waals surface area contributed by atoms with Crippen LogP contribution in [-0.2, 0) is 50.3 Å². The molecule has 0 amide bonds. The number of aliphatic hydroxyl groups excluding tert-OH is 2. The summed E-state index contributed by atoms with van der Waals surface area (Å²) in [4.78, 5) is 16.9.